The summed E-state index contributed by atoms with van der Waals surface area (Å²) in [7, 11) is 3.57. The zero-order valence-corrected chi connectivity index (χ0v) is 12.0. The van der Waals surface area contributed by atoms with E-state index in [4.69, 9.17) is 4.74 Å². The first-order chi connectivity index (χ1) is 8.65. The van der Waals surface area contributed by atoms with E-state index in [9.17, 15) is 0 Å². The third kappa shape index (κ3) is 2.48. The Hall–Kier alpha value is -1.55. The van der Waals surface area contributed by atoms with Crippen LogP contribution in [0.25, 0.3) is 10.6 Å². The predicted molar refractivity (Wildman–Crippen MR) is 77.7 cm³/mol. The molecule has 1 aromatic carbocycles. The molecule has 0 atom stereocenters. The molecule has 2 aromatic rings. The molecule has 1 aromatic heterocycles. The molecule has 96 valence electrons. The van der Waals surface area contributed by atoms with Gasteiger partial charge in [-0.1, -0.05) is 19.9 Å². The molecule has 0 amide bonds. The fraction of sp³-hybridized carbons (Fsp3) is 0.357. The fourth-order valence-electron chi connectivity index (χ4n) is 1.76. The lowest BCUT2D eigenvalue weighted by molar-refractivity contribution is 0.416. The Morgan fingerprint density at radius 1 is 1.33 bits per heavy atom. The molecule has 0 aliphatic rings. The second-order valence-corrected chi connectivity index (χ2v) is 5.26. The third-order valence-electron chi connectivity index (χ3n) is 2.88. The number of nitrogens with one attached hydrogen (secondary N) is 1. The molecule has 4 heteroatoms. The average molecular weight is 262 g/mol. The van der Waals surface area contributed by atoms with Crippen LogP contribution in [-0.2, 0) is 0 Å². The summed E-state index contributed by atoms with van der Waals surface area (Å²) >= 11 is 1.62. The lowest BCUT2D eigenvalue weighted by Gasteiger charge is -2.11. The highest BCUT2D eigenvalue weighted by atomic mass is 32.1. The average Bonchev–Trinajstić information content (AvgIpc) is 2.86. The molecule has 1 heterocycles. The summed E-state index contributed by atoms with van der Waals surface area (Å²) in [6.07, 6.45) is 0. The molecule has 0 fully saturated rings. The Morgan fingerprint density at radius 2 is 2.11 bits per heavy atom. The van der Waals surface area contributed by atoms with Crippen LogP contribution in [0, 0.1) is 0 Å². The minimum Gasteiger partial charge on any atom is -0.496 e. The molecule has 0 saturated carbocycles. The molecular formula is C14H18N2OS. The molecule has 0 bridgehead atoms. The van der Waals surface area contributed by atoms with E-state index in [-0.39, 0.29) is 0 Å². The van der Waals surface area contributed by atoms with Crippen LogP contribution in [-0.4, -0.2) is 19.1 Å². The number of benzene rings is 1. The minimum absolute atomic E-state index is 0.499. The molecule has 3 nitrogen and oxygen atoms in total. The van der Waals surface area contributed by atoms with E-state index in [2.05, 4.69) is 36.3 Å². The second kappa shape index (κ2) is 5.40. The maximum absolute atomic E-state index is 5.42. The quantitative estimate of drug-likeness (QED) is 0.904. The van der Waals surface area contributed by atoms with Crippen molar-refractivity contribution < 1.29 is 4.74 Å². The van der Waals surface area contributed by atoms with E-state index in [1.807, 2.05) is 18.5 Å². The lowest BCUT2D eigenvalue weighted by Crippen LogP contribution is -1.93. The van der Waals surface area contributed by atoms with E-state index in [1.54, 1.807) is 18.4 Å². The number of rotatable bonds is 4. The SMILES string of the molecule is CNc1csc(-c2cc(C(C)C)ccc2OC)n1. The first kappa shape index (κ1) is 12.9. The van der Waals surface area contributed by atoms with E-state index < -0.39 is 0 Å². The van der Waals surface area contributed by atoms with Gasteiger partial charge in [-0.15, -0.1) is 11.3 Å². The lowest BCUT2D eigenvalue weighted by atomic mass is 10.0. The molecule has 0 unspecified atom stereocenters. The van der Waals surface area contributed by atoms with Gasteiger partial charge in [0.2, 0.25) is 0 Å². The highest BCUT2D eigenvalue weighted by Gasteiger charge is 2.12. The van der Waals surface area contributed by atoms with Gasteiger partial charge < -0.3 is 10.1 Å². The van der Waals surface area contributed by atoms with E-state index >= 15 is 0 Å². The number of ether oxygens (including phenoxy) is 1. The predicted octanol–water partition coefficient (Wildman–Crippen LogP) is 3.98. The minimum atomic E-state index is 0.499. The van der Waals surface area contributed by atoms with E-state index in [0.29, 0.717) is 5.92 Å². The van der Waals surface area contributed by atoms with Gasteiger partial charge in [-0.3, -0.25) is 0 Å². The Balaban J connectivity index is 2.49. The summed E-state index contributed by atoms with van der Waals surface area (Å²) in [6, 6.07) is 6.30. The Labute approximate surface area is 112 Å². The van der Waals surface area contributed by atoms with Crippen molar-refractivity contribution >= 4 is 17.2 Å². The number of thiazole rings is 1. The van der Waals surface area contributed by atoms with Gasteiger partial charge in [0.1, 0.15) is 16.6 Å². The Morgan fingerprint density at radius 3 is 2.67 bits per heavy atom. The van der Waals surface area contributed by atoms with Crippen LogP contribution in [0.4, 0.5) is 5.82 Å². The van der Waals surface area contributed by atoms with Crippen LogP contribution in [0.5, 0.6) is 5.75 Å². The molecule has 0 spiro atoms. The Kier molecular flexibility index (Phi) is 3.87. The first-order valence-corrected chi connectivity index (χ1v) is 6.85. The zero-order valence-electron chi connectivity index (χ0n) is 11.2. The molecule has 0 aliphatic carbocycles. The van der Waals surface area contributed by atoms with Gasteiger partial charge in [-0.25, -0.2) is 4.98 Å². The maximum atomic E-state index is 5.42. The van der Waals surface area contributed by atoms with Crippen molar-refractivity contribution in [2.75, 3.05) is 19.5 Å². The van der Waals surface area contributed by atoms with Gasteiger partial charge in [-0.2, -0.15) is 0 Å². The van der Waals surface area contributed by atoms with Crippen molar-refractivity contribution in [1.82, 2.24) is 4.98 Å². The summed E-state index contributed by atoms with van der Waals surface area (Å²) in [5.74, 6) is 2.27. The van der Waals surface area contributed by atoms with Crippen LogP contribution >= 0.6 is 11.3 Å². The third-order valence-corrected chi connectivity index (χ3v) is 3.76. The molecular weight excluding hydrogens is 244 g/mol. The smallest absolute Gasteiger partial charge is 0.137 e. The monoisotopic (exact) mass is 262 g/mol. The summed E-state index contributed by atoms with van der Waals surface area (Å²) in [4.78, 5) is 4.54. The highest BCUT2D eigenvalue weighted by Crippen LogP contribution is 2.35. The molecule has 0 aliphatic heterocycles. The highest BCUT2D eigenvalue weighted by molar-refractivity contribution is 7.13. The van der Waals surface area contributed by atoms with Gasteiger partial charge in [0.25, 0.3) is 0 Å². The number of methoxy groups -OCH3 is 1. The van der Waals surface area contributed by atoms with Crippen molar-refractivity contribution in [3.05, 3.63) is 29.1 Å². The van der Waals surface area contributed by atoms with Crippen molar-refractivity contribution in [2.45, 2.75) is 19.8 Å². The van der Waals surface area contributed by atoms with Crippen LogP contribution in [0.15, 0.2) is 23.6 Å². The number of hydrogen-bond donors (Lipinski definition) is 1. The number of aromatic nitrogens is 1. The molecule has 0 saturated heterocycles. The van der Waals surface area contributed by atoms with Gasteiger partial charge in [0, 0.05) is 12.4 Å². The van der Waals surface area contributed by atoms with Crippen molar-refractivity contribution in [3.63, 3.8) is 0 Å². The summed E-state index contributed by atoms with van der Waals surface area (Å²) in [6.45, 7) is 4.37. The van der Waals surface area contributed by atoms with Crippen molar-refractivity contribution in [3.8, 4) is 16.3 Å². The van der Waals surface area contributed by atoms with Gasteiger partial charge in [-0.05, 0) is 23.6 Å². The van der Waals surface area contributed by atoms with Crippen LogP contribution < -0.4 is 10.1 Å². The van der Waals surface area contributed by atoms with Crippen molar-refractivity contribution in [2.24, 2.45) is 0 Å². The topological polar surface area (TPSA) is 34.1 Å². The van der Waals surface area contributed by atoms with E-state index in [0.717, 1.165) is 22.1 Å². The van der Waals surface area contributed by atoms with Crippen LogP contribution in [0.2, 0.25) is 0 Å². The van der Waals surface area contributed by atoms with Crippen LogP contribution in [0.1, 0.15) is 25.3 Å². The van der Waals surface area contributed by atoms with Gasteiger partial charge >= 0.3 is 0 Å². The first-order valence-electron chi connectivity index (χ1n) is 5.97. The van der Waals surface area contributed by atoms with E-state index in [1.165, 1.54) is 5.56 Å². The van der Waals surface area contributed by atoms with Gasteiger partial charge in [0.05, 0.1) is 12.7 Å². The Bertz CT molecular complexity index is 534. The summed E-state index contributed by atoms with van der Waals surface area (Å²) in [5, 5.41) is 6.05. The molecule has 1 N–H and O–H groups in total. The largest absolute Gasteiger partial charge is 0.496 e. The molecule has 0 radical (unpaired) electrons. The molecule has 18 heavy (non-hydrogen) atoms. The van der Waals surface area contributed by atoms with Crippen LogP contribution in [0.3, 0.4) is 0 Å². The number of hydrogen-bond acceptors (Lipinski definition) is 4. The zero-order chi connectivity index (χ0) is 13.1. The summed E-state index contributed by atoms with van der Waals surface area (Å²) in [5.41, 5.74) is 2.36. The number of anilines is 1. The standard InChI is InChI=1S/C14H18N2OS/c1-9(2)10-5-6-12(17-4)11(7-10)14-16-13(15-3)8-18-14/h5-9,15H,1-4H3. The number of nitrogens with zero attached hydrogens (tertiary/aromatic N) is 1. The second-order valence-electron chi connectivity index (χ2n) is 4.40. The maximum Gasteiger partial charge on any atom is 0.137 e. The van der Waals surface area contributed by atoms with Gasteiger partial charge in [0.15, 0.2) is 0 Å². The fourth-order valence-corrected chi connectivity index (χ4v) is 2.60. The van der Waals surface area contributed by atoms with Crippen molar-refractivity contribution in [1.29, 1.82) is 0 Å². The normalized spacial score (nSPS) is 10.7. The summed E-state index contributed by atoms with van der Waals surface area (Å²) < 4.78 is 5.42. The molecule has 2 rings (SSSR count).